The lowest BCUT2D eigenvalue weighted by Crippen LogP contribution is -2.61. The molecule has 5 heteroatoms. The van der Waals surface area contributed by atoms with Crippen molar-refractivity contribution in [3.8, 4) is 0 Å². The number of hydrogen-bond acceptors (Lipinski definition) is 5. The highest BCUT2D eigenvalue weighted by Gasteiger charge is 2.67. The van der Waals surface area contributed by atoms with Gasteiger partial charge in [0.2, 0.25) is 0 Å². The first-order valence-corrected chi connectivity index (χ1v) is 12.5. The van der Waals surface area contributed by atoms with Gasteiger partial charge in [-0.25, -0.2) is 0 Å². The number of carbonyl (C=O) groups is 1. The first kappa shape index (κ1) is 24.1. The number of allylic oxidation sites excluding steroid dienone is 2. The maximum Gasteiger partial charge on any atom is 0.159 e. The van der Waals surface area contributed by atoms with Crippen LogP contribution >= 0.6 is 0 Å². The van der Waals surface area contributed by atoms with Gasteiger partial charge in [-0.3, -0.25) is 4.79 Å². The molecule has 32 heavy (non-hydrogen) atoms. The van der Waals surface area contributed by atoms with Gasteiger partial charge in [-0.1, -0.05) is 26.3 Å². The minimum absolute atomic E-state index is 0.0135. The Hall–Kier alpha value is -1.01. The van der Waals surface area contributed by atoms with E-state index in [1.54, 1.807) is 6.08 Å². The molecule has 4 rings (SSSR count). The topological polar surface area (TPSA) is 98.0 Å². The zero-order chi connectivity index (χ0) is 23.6. The summed E-state index contributed by atoms with van der Waals surface area (Å²) in [6, 6.07) is 0. The minimum atomic E-state index is -1.06. The second kappa shape index (κ2) is 8.04. The Labute approximate surface area is 192 Å². The van der Waals surface area contributed by atoms with Crippen LogP contribution in [0.1, 0.15) is 79.1 Å². The minimum Gasteiger partial charge on any atom is -0.393 e. The van der Waals surface area contributed by atoms with E-state index in [1.807, 2.05) is 6.92 Å². The van der Waals surface area contributed by atoms with Crippen LogP contribution in [0.25, 0.3) is 0 Å². The summed E-state index contributed by atoms with van der Waals surface area (Å²) in [5.41, 5.74) is 0.0220. The molecule has 4 aliphatic rings. The quantitative estimate of drug-likeness (QED) is 0.484. The molecule has 4 N–H and O–H groups in total. The largest absolute Gasteiger partial charge is 0.393 e. The molecule has 0 aromatic heterocycles. The Morgan fingerprint density at radius 3 is 2.53 bits per heavy atom. The van der Waals surface area contributed by atoms with Crippen molar-refractivity contribution in [3.05, 3.63) is 23.8 Å². The van der Waals surface area contributed by atoms with Gasteiger partial charge in [-0.2, -0.15) is 0 Å². The van der Waals surface area contributed by atoms with Crippen LogP contribution in [0.3, 0.4) is 0 Å². The Morgan fingerprint density at radius 2 is 1.88 bits per heavy atom. The molecule has 0 unspecified atom stereocenters. The molecule has 5 nitrogen and oxygen atoms in total. The smallest absolute Gasteiger partial charge is 0.159 e. The molecule has 10 atom stereocenters. The van der Waals surface area contributed by atoms with Crippen molar-refractivity contribution >= 4 is 5.78 Å². The van der Waals surface area contributed by atoms with E-state index in [4.69, 9.17) is 0 Å². The molecule has 0 bridgehead atoms. The van der Waals surface area contributed by atoms with E-state index in [1.165, 1.54) is 0 Å². The average Bonchev–Trinajstić information content (AvgIpc) is 2.99. The van der Waals surface area contributed by atoms with Gasteiger partial charge in [0.05, 0.1) is 23.9 Å². The SMILES string of the molecule is C=C(C)CC[C@@H](O)[C@@H](C)[C@H]1CC[C@@]2(O)C3=CC(=O)[C@@H]4C[C@@H](O)[C@@H](O)C[C@]4(C)[C@H]3CC[C@]12C. The van der Waals surface area contributed by atoms with E-state index in [0.29, 0.717) is 25.7 Å². The van der Waals surface area contributed by atoms with Crippen LogP contribution in [-0.4, -0.2) is 50.1 Å². The van der Waals surface area contributed by atoms with Crippen LogP contribution in [0.5, 0.6) is 0 Å². The van der Waals surface area contributed by atoms with Gasteiger partial charge < -0.3 is 20.4 Å². The molecule has 0 heterocycles. The average molecular weight is 447 g/mol. The number of aliphatic hydroxyl groups excluding tert-OH is 3. The molecule has 3 saturated carbocycles. The summed E-state index contributed by atoms with van der Waals surface area (Å²) in [4.78, 5) is 13.2. The lowest BCUT2D eigenvalue weighted by atomic mass is 9.46. The van der Waals surface area contributed by atoms with Gasteiger partial charge in [0.15, 0.2) is 5.78 Å². The first-order chi connectivity index (χ1) is 14.8. The summed E-state index contributed by atoms with van der Waals surface area (Å²) in [7, 11) is 0. The lowest BCUT2D eigenvalue weighted by molar-refractivity contribution is -0.154. The highest BCUT2D eigenvalue weighted by atomic mass is 16.3. The summed E-state index contributed by atoms with van der Waals surface area (Å²) in [6.45, 7) is 12.3. The summed E-state index contributed by atoms with van der Waals surface area (Å²) in [5, 5.41) is 43.8. The van der Waals surface area contributed by atoms with E-state index >= 15 is 0 Å². The normalized spacial score (nSPS) is 47.7. The van der Waals surface area contributed by atoms with Crippen LogP contribution in [0.15, 0.2) is 23.8 Å². The fraction of sp³-hybridized carbons (Fsp3) is 0.815. The van der Waals surface area contributed by atoms with Crippen LogP contribution < -0.4 is 0 Å². The molecule has 0 saturated heterocycles. The molecule has 0 aromatic rings. The lowest BCUT2D eigenvalue weighted by Gasteiger charge is -2.60. The third-order valence-electron chi connectivity index (χ3n) is 10.3. The Balaban J connectivity index is 1.65. The number of rotatable bonds is 5. The fourth-order valence-corrected chi connectivity index (χ4v) is 8.18. The van der Waals surface area contributed by atoms with Crippen LogP contribution in [0.4, 0.5) is 0 Å². The Bertz CT molecular complexity index is 819. The number of aliphatic hydroxyl groups is 4. The second-order valence-corrected chi connectivity index (χ2v) is 12.1. The van der Waals surface area contributed by atoms with E-state index in [9.17, 15) is 25.2 Å². The summed E-state index contributed by atoms with van der Waals surface area (Å²) in [6.07, 6.45) is 4.87. The maximum absolute atomic E-state index is 13.2. The monoisotopic (exact) mass is 446 g/mol. The van der Waals surface area contributed by atoms with Gasteiger partial charge in [0.1, 0.15) is 0 Å². The number of fused-ring (bicyclic) bond motifs is 5. The summed E-state index contributed by atoms with van der Waals surface area (Å²) < 4.78 is 0. The zero-order valence-electron chi connectivity index (χ0n) is 20.2. The zero-order valence-corrected chi connectivity index (χ0v) is 20.2. The van der Waals surface area contributed by atoms with E-state index in [-0.39, 0.29) is 29.5 Å². The number of carbonyl (C=O) groups excluding carboxylic acids is 1. The predicted octanol–water partition coefficient (Wildman–Crippen LogP) is 3.54. The Morgan fingerprint density at radius 1 is 1.19 bits per heavy atom. The molecule has 4 aliphatic carbocycles. The van der Waals surface area contributed by atoms with Gasteiger partial charge in [0, 0.05) is 11.3 Å². The van der Waals surface area contributed by atoms with Crippen molar-refractivity contribution in [2.75, 3.05) is 0 Å². The molecule has 0 aromatic carbocycles. The molecule has 0 amide bonds. The van der Waals surface area contributed by atoms with Gasteiger partial charge in [-0.15, -0.1) is 6.58 Å². The van der Waals surface area contributed by atoms with Gasteiger partial charge in [0.25, 0.3) is 0 Å². The van der Waals surface area contributed by atoms with E-state index < -0.39 is 34.7 Å². The number of ketones is 1. The van der Waals surface area contributed by atoms with Crippen molar-refractivity contribution in [1.29, 1.82) is 0 Å². The van der Waals surface area contributed by atoms with Gasteiger partial charge in [-0.05, 0) is 93.1 Å². The summed E-state index contributed by atoms with van der Waals surface area (Å²) in [5.74, 6) is -0.0513. The number of hydrogen-bond donors (Lipinski definition) is 4. The van der Waals surface area contributed by atoms with Crippen molar-refractivity contribution < 1.29 is 25.2 Å². The van der Waals surface area contributed by atoms with E-state index in [0.717, 1.165) is 36.8 Å². The van der Waals surface area contributed by atoms with Crippen molar-refractivity contribution in [2.45, 2.75) is 103 Å². The second-order valence-electron chi connectivity index (χ2n) is 12.1. The van der Waals surface area contributed by atoms with Crippen molar-refractivity contribution in [1.82, 2.24) is 0 Å². The van der Waals surface area contributed by atoms with Crippen molar-refractivity contribution in [3.63, 3.8) is 0 Å². The van der Waals surface area contributed by atoms with Crippen LogP contribution in [0.2, 0.25) is 0 Å². The Kier molecular flexibility index (Phi) is 6.06. The van der Waals surface area contributed by atoms with Crippen molar-refractivity contribution in [2.24, 2.45) is 34.5 Å². The highest BCUT2D eigenvalue weighted by molar-refractivity contribution is 5.95. The predicted molar refractivity (Wildman–Crippen MR) is 124 cm³/mol. The molecule has 180 valence electrons. The molecule has 0 aliphatic heterocycles. The molecular formula is C27H42O5. The fourth-order valence-electron chi connectivity index (χ4n) is 8.18. The molecule has 3 fully saturated rings. The third kappa shape index (κ3) is 3.38. The molecule has 0 radical (unpaired) electrons. The summed E-state index contributed by atoms with van der Waals surface area (Å²) >= 11 is 0. The standard InChI is InChI=1S/C27H42O5/c1-15(2)6-7-21(28)16(3)17-9-11-27(32)19-12-22(29)20-13-23(30)24(31)14-25(20,4)18(19)8-10-26(17,27)5/h12,16-18,20-21,23-24,28,30-32H,1,6-11,13-14H2,2-5H3/t16-,17+,18-,20-,21+,23+,24-,25+,26+,27+/m0/s1. The molecule has 0 spiro atoms. The third-order valence-corrected chi connectivity index (χ3v) is 10.3. The van der Waals surface area contributed by atoms with Crippen LogP contribution in [-0.2, 0) is 4.79 Å². The first-order valence-electron chi connectivity index (χ1n) is 12.5. The van der Waals surface area contributed by atoms with E-state index in [2.05, 4.69) is 27.4 Å². The highest BCUT2D eigenvalue weighted by Crippen LogP contribution is 2.68. The maximum atomic E-state index is 13.2. The van der Waals surface area contributed by atoms with Gasteiger partial charge >= 0.3 is 0 Å². The van der Waals surface area contributed by atoms with Crippen LogP contribution in [0, 0.1) is 34.5 Å². The molecular weight excluding hydrogens is 404 g/mol.